The maximum absolute atomic E-state index is 5.44. The van der Waals surface area contributed by atoms with Gasteiger partial charge in [-0.1, -0.05) is 12.1 Å². The van der Waals surface area contributed by atoms with Crippen molar-refractivity contribution in [2.75, 3.05) is 45.3 Å². The Labute approximate surface area is 170 Å². The van der Waals surface area contributed by atoms with Gasteiger partial charge in [-0.25, -0.2) is 4.31 Å². The third kappa shape index (κ3) is 4.22. The molecule has 1 saturated heterocycles. The highest BCUT2D eigenvalue weighted by Gasteiger charge is 2.15. The highest BCUT2D eigenvalue weighted by Crippen LogP contribution is 2.31. The smallest absolute Gasteiger partial charge is 0.161 e. The van der Waals surface area contributed by atoms with Gasteiger partial charge in [-0.2, -0.15) is 0 Å². The van der Waals surface area contributed by atoms with E-state index in [-0.39, 0.29) is 0 Å². The first kappa shape index (κ1) is 19.0. The van der Waals surface area contributed by atoms with Crippen molar-refractivity contribution in [2.45, 2.75) is 11.8 Å². The van der Waals surface area contributed by atoms with Gasteiger partial charge in [0.2, 0.25) is 0 Å². The van der Waals surface area contributed by atoms with Crippen molar-refractivity contribution in [1.82, 2.24) is 19.5 Å². The number of hydrogen-bond acceptors (Lipinski definition) is 6. The van der Waals surface area contributed by atoms with Gasteiger partial charge < -0.3 is 14.6 Å². The number of aromatic amines is 1. The van der Waals surface area contributed by atoms with Gasteiger partial charge >= 0.3 is 0 Å². The van der Waals surface area contributed by atoms with Crippen molar-refractivity contribution in [3.05, 3.63) is 48.0 Å². The van der Waals surface area contributed by atoms with Gasteiger partial charge in [0.25, 0.3) is 0 Å². The molecule has 0 atom stereocenters. The van der Waals surface area contributed by atoms with Gasteiger partial charge in [0.15, 0.2) is 11.6 Å². The Morgan fingerprint density at radius 1 is 0.964 bits per heavy atom. The van der Waals surface area contributed by atoms with Gasteiger partial charge in [-0.05, 0) is 54.8 Å². The van der Waals surface area contributed by atoms with Gasteiger partial charge in [-0.3, -0.25) is 0 Å². The topological polar surface area (TPSA) is 57.3 Å². The molecule has 1 fully saturated rings. The molecule has 0 aliphatic carbocycles. The van der Waals surface area contributed by atoms with E-state index in [1.54, 1.807) is 11.9 Å². The summed E-state index contributed by atoms with van der Waals surface area (Å²) in [7, 11) is 4.07. The Balaban J connectivity index is 1.55. The van der Waals surface area contributed by atoms with Crippen LogP contribution in [0.2, 0.25) is 0 Å². The zero-order chi connectivity index (χ0) is 19.5. The van der Waals surface area contributed by atoms with Crippen LogP contribution in [0.5, 0.6) is 0 Å². The van der Waals surface area contributed by atoms with E-state index >= 15 is 0 Å². The number of aryl methyl sites for hydroxylation is 1. The summed E-state index contributed by atoms with van der Waals surface area (Å²) in [5, 5.41) is 8.73. The predicted molar refractivity (Wildman–Crippen MR) is 115 cm³/mol. The van der Waals surface area contributed by atoms with Crippen LogP contribution in [0.3, 0.4) is 0 Å². The zero-order valence-corrected chi connectivity index (χ0v) is 17.3. The summed E-state index contributed by atoms with van der Waals surface area (Å²) in [5.41, 5.74) is 4.50. The lowest BCUT2D eigenvalue weighted by molar-refractivity contribution is 0.0773. The Hall–Kier alpha value is -2.35. The van der Waals surface area contributed by atoms with Crippen LogP contribution in [-0.2, 0) is 4.74 Å². The van der Waals surface area contributed by atoms with Crippen LogP contribution in [0.25, 0.3) is 22.8 Å². The molecular weight excluding hydrogens is 370 g/mol. The molecule has 2 heterocycles. The summed E-state index contributed by atoms with van der Waals surface area (Å²) >= 11 is 1.79. The molecule has 3 aromatic rings. The Morgan fingerprint density at radius 2 is 1.61 bits per heavy atom. The molecule has 7 heteroatoms. The number of ether oxygens (including phenoxy) is 1. The highest BCUT2D eigenvalue weighted by molar-refractivity contribution is 7.97. The highest BCUT2D eigenvalue weighted by atomic mass is 32.2. The van der Waals surface area contributed by atoms with E-state index in [1.807, 2.05) is 14.1 Å². The fourth-order valence-corrected chi connectivity index (χ4v) is 4.06. The summed E-state index contributed by atoms with van der Waals surface area (Å²) in [6.45, 7) is 5.63. The maximum Gasteiger partial charge on any atom is 0.161 e. The fourth-order valence-electron chi connectivity index (χ4n) is 3.06. The number of hydrogen-bond donors (Lipinski definition) is 1. The maximum atomic E-state index is 5.44. The Morgan fingerprint density at radius 3 is 2.29 bits per heavy atom. The SMILES string of the molecule is Cc1ccc(-c2nnc(-c3ccc(N(C)C)cc3)[nH]2)cc1SN1CCOCC1. The number of morpholine rings is 1. The average molecular weight is 396 g/mol. The van der Waals surface area contributed by atoms with E-state index in [9.17, 15) is 0 Å². The zero-order valence-electron chi connectivity index (χ0n) is 16.5. The van der Waals surface area contributed by atoms with Gasteiger partial charge in [0.05, 0.1) is 13.2 Å². The molecule has 0 amide bonds. The molecule has 0 radical (unpaired) electrons. The quantitative estimate of drug-likeness (QED) is 0.662. The van der Waals surface area contributed by atoms with E-state index in [4.69, 9.17) is 4.74 Å². The minimum Gasteiger partial charge on any atom is -0.379 e. The number of aromatic nitrogens is 3. The van der Waals surface area contributed by atoms with Crippen LogP contribution in [-0.4, -0.2) is 59.9 Å². The number of H-pyrrole nitrogens is 1. The van der Waals surface area contributed by atoms with E-state index in [1.165, 1.54) is 10.5 Å². The minimum absolute atomic E-state index is 0.781. The molecule has 1 aliphatic heterocycles. The first-order valence-corrected chi connectivity index (χ1v) is 10.2. The first-order chi connectivity index (χ1) is 13.6. The molecule has 0 saturated carbocycles. The lowest BCUT2D eigenvalue weighted by Gasteiger charge is -2.26. The standard InChI is InChI=1S/C21H25N5OS/c1-15-4-5-17(14-19(15)28-26-10-12-27-13-11-26)21-22-20(23-24-21)16-6-8-18(9-7-16)25(2)3/h4-9,14H,10-13H2,1-3H3,(H,22,23,24). The number of rotatable bonds is 5. The molecule has 28 heavy (non-hydrogen) atoms. The van der Waals surface area contributed by atoms with Gasteiger partial charge in [0, 0.05) is 48.9 Å². The molecule has 1 aliphatic rings. The van der Waals surface area contributed by atoms with Gasteiger partial charge in [-0.15, -0.1) is 10.2 Å². The van der Waals surface area contributed by atoms with Crippen molar-refractivity contribution in [1.29, 1.82) is 0 Å². The number of benzene rings is 2. The van der Waals surface area contributed by atoms with Crippen molar-refractivity contribution < 1.29 is 4.74 Å². The average Bonchev–Trinajstić information content (AvgIpc) is 3.21. The van der Waals surface area contributed by atoms with Crippen molar-refractivity contribution in [3.63, 3.8) is 0 Å². The van der Waals surface area contributed by atoms with Crippen LogP contribution < -0.4 is 4.90 Å². The molecule has 6 nitrogen and oxygen atoms in total. The molecule has 1 N–H and O–H groups in total. The Kier molecular flexibility index (Phi) is 5.66. The second kappa shape index (κ2) is 8.34. The third-order valence-corrected chi connectivity index (χ3v) is 6.06. The second-order valence-electron chi connectivity index (χ2n) is 7.08. The predicted octanol–water partition coefficient (Wildman–Crippen LogP) is 3.85. The molecule has 146 valence electrons. The summed E-state index contributed by atoms with van der Waals surface area (Å²) in [6, 6.07) is 14.7. The lowest BCUT2D eigenvalue weighted by atomic mass is 10.1. The Bertz CT molecular complexity index is 932. The monoisotopic (exact) mass is 395 g/mol. The summed E-state index contributed by atoms with van der Waals surface area (Å²) in [5.74, 6) is 1.57. The molecule has 1 aromatic heterocycles. The summed E-state index contributed by atoms with van der Waals surface area (Å²) < 4.78 is 7.80. The lowest BCUT2D eigenvalue weighted by Crippen LogP contribution is -2.30. The normalized spacial score (nSPS) is 15.0. The van der Waals surface area contributed by atoms with Crippen molar-refractivity contribution in [3.8, 4) is 22.8 Å². The molecule has 0 unspecified atom stereocenters. The van der Waals surface area contributed by atoms with Gasteiger partial charge in [0.1, 0.15) is 0 Å². The summed E-state index contributed by atoms with van der Waals surface area (Å²) in [4.78, 5) is 6.69. The van der Waals surface area contributed by atoms with Crippen LogP contribution in [0, 0.1) is 6.92 Å². The molecule has 0 spiro atoms. The minimum atomic E-state index is 0.781. The van der Waals surface area contributed by atoms with E-state index < -0.39 is 0 Å². The molecule has 0 bridgehead atoms. The molecular formula is C21H25N5OS. The molecule has 4 rings (SSSR count). The van der Waals surface area contributed by atoms with E-state index in [2.05, 4.69) is 73.8 Å². The first-order valence-electron chi connectivity index (χ1n) is 9.42. The fraction of sp³-hybridized carbons (Fsp3) is 0.333. The largest absolute Gasteiger partial charge is 0.379 e. The van der Waals surface area contributed by atoms with Crippen LogP contribution in [0.4, 0.5) is 5.69 Å². The number of nitrogens with one attached hydrogen (secondary N) is 1. The van der Waals surface area contributed by atoms with Crippen LogP contribution in [0.15, 0.2) is 47.4 Å². The van der Waals surface area contributed by atoms with Crippen LogP contribution >= 0.6 is 11.9 Å². The third-order valence-electron chi connectivity index (χ3n) is 4.80. The second-order valence-corrected chi connectivity index (χ2v) is 8.22. The number of nitrogens with zero attached hydrogens (tertiary/aromatic N) is 4. The van der Waals surface area contributed by atoms with Crippen molar-refractivity contribution >= 4 is 17.6 Å². The van der Waals surface area contributed by atoms with E-state index in [0.717, 1.165) is 54.8 Å². The summed E-state index contributed by atoms with van der Waals surface area (Å²) in [6.07, 6.45) is 0. The molecule has 2 aromatic carbocycles. The van der Waals surface area contributed by atoms with Crippen molar-refractivity contribution in [2.24, 2.45) is 0 Å². The number of anilines is 1. The van der Waals surface area contributed by atoms with Crippen LogP contribution in [0.1, 0.15) is 5.56 Å². The van der Waals surface area contributed by atoms with E-state index in [0.29, 0.717) is 0 Å².